The molecule has 2 unspecified atom stereocenters. The van der Waals surface area contributed by atoms with E-state index in [1.54, 1.807) is 39.8 Å². The fourth-order valence-corrected chi connectivity index (χ4v) is 4.62. The van der Waals surface area contributed by atoms with Gasteiger partial charge in [0.25, 0.3) is 5.91 Å². The first-order valence-electron chi connectivity index (χ1n) is 14.4. The topological polar surface area (TPSA) is 140 Å². The molecule has 10 nitrogen and oxygen atoms in total. The predicted octanol–water partition coefficient (Wildman–Crippen LogP) is 2.61. The second-order valence-corrected chi connectivity index (χ2v) is 11.1. The maximum atomic E-state index is 13.2. The summed E-state index contributed by atoms with van der Waals surface area (Å²) in [4.78, 5) is 52.0. The average molecular weight is 570 g/mol. The van der Waals surface area contributed by atoms with E-state index in [9.17, 15) is 24.3 Å². The Hall–Kier alpha value is -3.50. The third-order valence-electron chi connectivity index (χ3n) is 7.41. The molecule has 226 valence electrons. The molecule has 1 aromatic rings. The van der Waals surface area contributed by atoms with Crippen LogP contribution in [0.3, 0.4) is 0 Å². The van der Waals surface area contributed by atoms with E-state index in [-0.39, 0.29) is 23.8 Å². The fraction of sp³-hybridized carbons (Fsp3) is 0.548. The first-order chi connectivity index (χ1) is 19.4. The van der Waals surface area contributed by atoms with Gasteiger partial charge in [0.1, 0.15) is 18.1 Å². The second kappa shape index (κ2) is 16.1. The number of nitrogens with one attached hydrogen (secondary N) is 4. The van der Waals surface area contributed by atoms with Gasteiger partial charge in [-0.3, -0.25) is 24.2 Å². The molecule has 2 rings (SSSR count). The van der Waals surface area contributed by atoms with Crippen molar-refractivity contribution in [1.29, 1.82) is 0 Å². The van der Waals surface area contributed by atoms with Crippen LogP contribution in [0, 0.1) is 11.8 Å². The highest BCUT2D eigenvalue weighted by molar-refractivity contribution is 5.92. The van der Waals surface area contributed by atoms with Gasteiger partial charge in [0.05, 0.1) is 18.1 Å². The number of amides is 4. The van der Waals surface area contributed by atoms with Gasteiger partial charge in [0.2, 0.25) is 17.7 Å². The molecule has 0 bridgehead atoms. The third kappa shape index (κ3) is 9.82. The summed E-state index contributed by atoms with van der Waals surface area (Å²) in [7, 11) is 0. The van der Waals surface area contributed by atoms with Crippen LogP contribution in [0.4, 0.5) is 0 Å². The molecule has 0 spiro atoms. The van der Waals surface area contributed by atoms with Crippen LogP contribution >= 0.6 is 0 Å². The minimum atomic E-state index is -0.897. The lowest BCUT2D eigenvalue weighted by atomic mass is 9.97. The predicted molar refractivity (Wildman–Crippen MR) is 160 cm³/mol. The van der Waals surface area contributed by atoms with Crippen LogP contribution in [0.15, 0.2) is 43.5 Å². The smallest absolute Gasteiger partial charge is 0.258 e. The molecule has 10 heteroatoms. The fourth-order valence-electron chi connectivity index (χ4n) is 4.62. The summed E-state index contributed by atoms with van der Waals surface area (Å²) in [5.41, 5.74) is 4.92. The van der Waals surface area contributed by atoms with Gasteiger partial charge in [-0.05, 0) is 62.6 Å². The molecule has 1 aromatic carbocycles. The van der Waals surface area contributed by atoms with Crippen molar-refractivity contribution in [2.45, 2.75) is 90.6 Å². The van der Waals surface area contributed by atoms with E-state index >= 15 is 0 Å². The number of hydrazine groups is 1. The summed E-state index contributed by atoms with van der Waals surface area (Å²) >= 11 is 0. The number of rotatable bonds is 14. The summed E-state index contributed by atoms with van der Waals surface area (Å²) in [6, 6.07) is 5.13. The number of hydrogen-bond donors (Lipinski definition) is 5. The lowest BCUT2D eigenvalue weighted by molar-refractivity contribution is -0.143. The van der Waals surface area contributed by atoms with Crippen molar-refractivity contribution in [1.82, 2.24) is 26.4 Å². The minimum Gasteiger partial charge on any atom is -0.392 e. The molecule has 0 saturated carbocycles. The largest absolute Gasteiger partial charge is 0.392 e. The third-order valence-corrected chi connectivity index (χ3v) is 7.41. The molecule has 1 fully saturated rings. The van der Waals surface area contributed by atoms with Crippen LogP contribution < -0.4 is 21.4 Å². The Morgan fingerprint density at radius 1 is 1.07 bits per heavy atom. The van der Waals surface area contributed by atoms with Crippen molar-refractivity contribution in [2.24, 2.45) is 11.8 Å². The number of allylic oxidation sites excluding steroid dienone is 1. The van der Waals surface area contributed by atoms with E-state index in [2.05, 4.69) is 34.5 Å². The van der Waals surface area contributed by atoms with E-state index in [0.717, 1.165) is 11.1 Å². The quantitative estimate of drug-likeness (QED) is 0.218. The molecule has 1 heterocycles. The minimum absolute atomic E-state index is 0.220. The van der Waals surface area contributed by atoms with E-state index in [4.69, 9.17) is 0 Å². The lowest BCUT2D eigenvalue weighted by Crippen LogP contribution is -2.62. The molecule has 5 N–H and O–H groups in total. The Morgan fingerprint density at radius 2 is 1.78 bits per heavy atom. The maximum absolute atomic E-state index is 13.2. The molecule has 1 saturated heterocycles. The Labute approximate surface area is 244 Å². The van der Waals surface area contributed by atoms with Crippen molar-refractivity contribution in [3.05, 3.63) is 54.6 Å². The van der Waals surface area contributed by atoms with Crippen molar-refractivity contribution in [2.75, 3.05) is 6.54 Å². The SMILES string of the molecule is C=CCC[C@@H](O)[C@@H](C)C(=O)NC(C(=O)NC(C)C(=O)N1CCC[C@@H](C(=O)N[C@H](C)c2cccc(C=C)c2)N1)C(C)C. The number of aliphatic hydroxyl groups excluding tert-OH is 1. The van der Waals surface area contributed by atoms with Crippen LogP contribution in [0.5, 0.6) is 0 Å². The molecule has 0 aromatic heterocycles. The number of aliphatic hydroxyl groups is 1. The Balaban J connectivity index is 1.96. The lowest BCUT2D eigenvalue weighted by Gasteiger charge is -2.35. The van der Waals surface area contributed by atoms with Gasteiger partial charge in [-0.2, -0.15) is 0 Å². The van der Waals surface area contributed by atoms with Crippen molar-refractivity contribution < 1.29 is 24.3 Å². The number of hydrogen-bond acceptors (Lipinski definition) is 6. The number of carbonyl (C=O) groups excluding carboxylic acids is 4. The molecular weight excluding hydrogens is 522 g/mol. The van der Waals surface area contributed by atoms with E-state index in [1.807, 2.05) is 31.2 Å². The van der Waals surface area contributed by atoms with Crippen LogP contribution in [-0.4, -0.2) is 64.5 Å². The molecule has 1 aliphatic heterocycles. The van der Waals surface area contributed by atoms with Crippen molar-refractivity contribution in [3.63, 3.8) is 0 Å². The van der Waals surface area contributed by atoms with Gasteiger partial charge in [-0.1, -0.05) is 57.7 Å². The molecule has 4 amide bonds. The normalized spacial score (nSPS) is 18.8. The summed E-state index contributed by atoms with van der Waals surface area (Å²) in [5, 5.41) is 20.1. The Bertz CT molecular complexity index is 1090. The highest BCUT2D eigenvalue weighted by Crippen LogP contribution is 2.17. The summed E-state index contributed by atoms with van der Waals surface area (Å²) in [5.74, 6) is -2.51. The van der Waals surface area contributed by atoms with E-state index < -0.39 is 42.0 Å². The molecule has 0 radical (unpaired) electrons. The zero-order valence-electron chi connectivity index (χ0n) is 25.0. The van der Waals surface area contributed by atoms with Crippen LogP contribution in [0.2, 0.25) is 0 Å². The highest BCUT2D eigenvalue weighted by Gasteiger charge is 2.34. The monoisotopic (exact) mass is 569 g/mol. The van der Waals surface area contributed by atoms with Gasteiger partial charge in [0.15, 0.2) is 0 Å². The standard InChI is InChI=1S/C31H47N5O5/c1-8-10-16-26(37)20(5)28(38)34-27(19(3)4)30(40)33-22(7)31(41)36-17-12-15-25(35-36)29(39)32-21(6)24-14-11-13-23(9-2)18-24/h8-9,11,13-14,18-22,25-27,35,37H,1-2,10,12,15-17H2,3-7H3,(H,32,39)(H,33,40)(H,34,38)/t20-,21-,22?,25+,26-,27?/m1/s1. The molecule has 1 aliphatic rings. The first kappa shape index (κ1) is 33.7. The zero-order chi connectivity index (χ0) is 30.7. The summed E-state index contributed by atoms with van der Waals surface area (Å²) in [6.07, 6.45) is 4.71. The molecular formula is C31H47N5O5. The van der Waals surface area contributed by atoms with Crippen LogP contribution in [0.25, 0.3) is 6.08 Å². The molecule has 41 heavy (non-hydrogen) atoms. The molecule has 6 atom stereocenters. The molecule has 0 aliphatic carbocycles. The number of benzene rings is 1. The second-order valence-electron chi connectivity index (χ2n) is 11.1. The van der Waals surface area contributed by atoms with Crippen molar-refractivity contribution in [3.8, 4) is 0 Å². The van der Waals surface area contributed by atoms with E-state index in [1.165, 1.54) is 5.01 Å². The van der Waals surface area contributed by atoms with E-state index in [0.29, 0.717) is 32.2 Å². The summed E-state index contributed by atoms with van der Waals surface area (Å²) < 4.78 is 0. The van der Waals surface area contributed by atoms with Crippen LogP contribution in [-0.2, 0) is 19.2 Å². The maximum Gasteiger partial charge on any atom is 0.258 e. The average Bonchev–Trinajstić information content (AvgIpc) is 2.97. The number of carbonyl (C=O) groups is 4. The van der Waals surface area contributed by atoms with Crippen molar-refractivity contribution >= 4 is 29.7 Å². The Morgan fingerprint density at radius 3 is 2.41 bits per heavy atom. The highest BCUT2D eigenvalue weighted by atomic mass is 16.3. The van der Waals surface area contributed by atoms with Gasteiger partial charge in [-0.25, -0.2) is 5.43 Å². The van der Waals surface area contributed by atoms with Gasteiger partial charge in [-0.15, -0.1) is 6.58 Å². The van der Waals surface area contributed by atoms with Gasteiger partial charge < -0.3 is 21.1 Å². The van der Waals surface area contributed by atoms with Gasteiger partial charge in [0, 0.05) is 6.54 Å². The zero-order valence-corrected chi connectivity index (χ0v) is 25.0. The number of nitrogens with zero attached hydrogens (tertiary/aromatic N) is 1. The van der Waals surface area contributed by atoms with Crippen LogP contribution in [0.1, 0.15) is 77.5 Å². The van der Waals surface area contributed by atoms with Gasteiger partial charge >= 0.3 is 0 Å². The Kier molecular flexibility index (Phi) is 13.2. The summed E-state index contributed by atoms with van der Waals surface area (Å²) in [6.45, 7) is 16.5. The first-order valence-corrected chi connectivity index (χ1v) is 14.4.